The van der Waals surface area contributed by atoms with Gasteiger partial charge >= 0.3 is 0 Å². The predicted octanol–water partition coefficient (Wildman–Crippen LogP) is 0.976. The molecule has 1 atom stereocenters. The highest BCUT2D eigenvalue weighted by Crippen LogP contribution is 2.24. The molecule has 0 radical (unpaired) electrons. The summed E-state index contributed by atoms with van der Waals surface area (Å²) in [4.78, 5) is 0. The van der Waals surface area contributed by atoms with Crippen LogP contribution in [0.25, 0.3) is 0 Å². The molecule has 1 rings (SSSR count). The summed E-state index contributed by atoms with van der Waals surface area (Å²) in [6.07, 6.45) is 5.42. The fraction of sp³-hybridized carbons (Fsp3) is 1.00. The van der Waals surface area contributed by atoms with E-state index in [1.165, 1.54) is 0 Å². The predicted molar refractivity (Wildman–Crippen MR) is 62.1 cm³/mol. The van der Waals surface area contributed by atoms with Crippen LogP contribution >= 0.6 is 0 Å². The zero-order chi connectivity index (χ0) is 11.3. The molecule has 1 aliphatic rings. The molecule has 15 heavy (non-hydrogen) atoms. The van der Waals surface area contributed by atoms with Gasteiger partial charge in [-0.3, -0.25) is 0 Å². The number of hydrogen-bond donors (Lipinski definition) is 2. The second kappa shape index (κ2) is 5.82. The number of rotatable bonds is 6. The molecule has 90 valence electrons. The number of sulfonamides is 1. The van der Waals surface area contributed by atoms with E-state index in [0.29, 0.717) is 6.54 Å². The van der Waals surface area contributed by atoms with Gasteiger partial charge in [0.1, 0.15) is 0 Å². The van der Waals surface area contributed by atoms with Crippen molar-refractivity contribution in [1.82, 2.24) is 4.72 Å². The molecule has 0 aromatic heterocycles. The molecule has 0 heterocycles. The van der Waals surface area contributed by atoms with E-state index in [-0.39, 0.29) is 11.3 Å². The molecule has 0 amide bonds. The van der Waals surface area contributed by atoms with Crippen molar-refractivity contribution in [2.75, 3.05) is 6.54 Å². The van der Waals surface area contributed by atoms with E-state index in [0.717, 1.165) is 38.5 Å². The van der Waals surface area contributed by atoms with Crippen LogP contribution < -0.4 is 10.5 Å². The van der Waals surface area contributed by atoms with E-state index in [1.807, 2.05) is 6.92 Å². The molecule has 1 unspecified atom stereocenters. The molecule has 1 aliphatic carbocycles. The van der Waals surface area contributed by atoms with Gasteiger partial charge in [0.05, 0.1) is 5.25 Å². The lowest BCUT2D eigenvalue weighted by Gasteiger charge is -2.17. The third-order valence-electron chi connectivity index (χ3n) is 2.95. The number of nitrogens with one attached hydrogen (secondary N) is 1. The van der Waals surface area contributed by atoms with Gasteiger partial charge < -0.3 is 5.73 Å². The normalized spacial score (nSPS) is 20.7. The highest BCUT2D eigenvalue weighted by atomic mass is 32.2. The molecule has 4 nitrogen and oxygen atoms in total. The van der Waals surface area contributed by atoms with Crippen molar-refractivity contribution in [3.8, 4) is 0 Å². The summed E-state index contributed by atoms with van der Waals surface area (Å²) in [5.41, 5.74) is 5.39. The Bertz CT molecular complexity index is 271. The van der Waals surface area contributed by atoms with Crippen molar-refractivity contribution in [3.63, 3.8) is 0 Å². The fourth-order valence-electron chi connectivity index (χ4n) is 2.06. The standard InChI is InChI=1S/C10H22N2O2S/c1-9(5-4-8-11)12-15(13,14)10-6-2-3-7-10/h9-10,12H,2-8,11H2,1H3. The molecule has 0 aliphatic heterocycles. The molecular weight excluding hydrogens is 212 g/mol. The van der Waals surface area contributed by atoms with Gasteiger partial charge in [0.2, 0.25) is 10.0 Å². The van der Waals surface area contributed by atoms with E-state index < -0.39 is 10.0 Å². The monoisotopic (exact) mass is 234 g/mol. The van der Waals surface area contributed by atoms with E-state index in [4.69, 9.17) is 5.73 Å². The fourth-order valence-corrected chi connectivity index (χ4v) is 3.88. The number of nitrogens with two attached hydrogens (primary N) is 1. The molecule has 1 saturated carbocycles. The highest BCUT2D eigenvalue weighted by Gasteiger charge is 2.29. The average Bonchev–Trinajstić information content (AvgIpc) is 2.67. The largest absolute Gasteiger partial charge is 0.330 e. The summed E-state index contributed by atoms with van der Waals surface area (Å²) in [7, 11) is -3.08. The maximum Gasteiger partial charge on any atom is 0.214 e. The van der Waals surface area contributed by atoms with Crippen molar-refractivity contribution >= 4 is 10.0 Å². The Morgan fingerprint density at radius 1 is 1.40 bits per heavy atom. The lowest BCUT2D eigenvalue weighted by molar-refractivity contribution is 0.527. The van der Waals surface area contributed by atoms with Gasteiger partial charge in [-0.2, -0.15) is 0 Å². The van der Waals surface area contributed by atoms with Crippen LogP contribution in [0.5, 0.6) is 0 Å². The third kappa shape index (κ3) is 4.09. The maximum absolute atomic E-state index is 11.9. The SMILES string of the molecule is CC(CCCN)NS(=O)(=O)C1CCCC1. The first-order valence-corrected chi connectivity index (χ1v) is 7.32. The lowest BCUT2D eigenvalue weighted by Crippen LogP contribution is -2.38. The summed E-state index contributed by atoms with van der Waals surface area (Å²) in [5.74, 6) is 0. The molecule has 0 saturated heterocycles. The summed E-state index contributed by atoms with van der Waals surface area (Å²) in [6.45, 7) is 2.53. The number of hydrogen-bond acceptors (Lipinski definition) is 3. The van der Waals surface area contributed by atoms with E-state index in [9.17, 15) is 8.42 Å². The van der Waals surface area contributed by atoms with E-state index in [2.05, 4.69) is 4.72 Å². The molecular formula is C10H22N2O2S. The Hall–Kier alpha value is -0.130. The van der Waals surface area contributed by atoms with Crippen LogP contribution in [-0.4, -0.2) is 26.3 Å². The summed E-state index contributed by atoms with van der Waals surface area (Å²) < 4.78 is 26.5. The Balaban J connectivity index is 2.41. The van der Waals surface area contributed by atoms with Crippen LogP contribution in [0.3, 0.4) is 0 Å². The zero-order valence-corrected chi connectivity index (χ0v) is 10.2. The van der Waals surface area contributed by atoms with Crippen molar-refractivity contribution < 1.29 is 8.42 Å². The molecule has 0 spiro atoms. The Labute approximate surface area is 92.7 Å². The smallest absolute Gasteiger partial charge is 0.214 e. The van der Waals surface area contributed by atoms with Crippen LogP contribution in [0.2, 0.25) is 0 Å². The topological polar surface area (TPSA) is 72.2 Å². The van der Waals surface area contributed by atoms with E-state index >= 15 is 0 Å². The van der Waals surface area contributed by atoms with Gasteiger partial charge in [0, 0.05) is 6.04 Å². The lowest BCUT2D eigenvalue weighted by atomic mass is 10.2. The van der Waals surface area contributed by atoms with Crippen molar-refractivity contribution in [2.24, 2.45) is 5.73 Å². The third-order valence-corrected chi connectivity index (χ3v) is 5.03. The minimum absolute atomic E-state index is 0.0131. The zero-order valence-electron chi connectivity index (χ0n) is 9.41. The molecule has 0 bridgehead atoms. The van der Waals surface area contributed by atoms with Crippen LogP contribution in [-0.2, 0) is 10.0 Å². The Morgan fingerprint density at radius 2 is 2.00 bits per heavy atom. The minimum atomic E-state index is -3.08. The average molecular weight is 234 g/mol. The second-order valence-electron chi connectivity index (χ2n) is 4.40. The molecule has 0 aromatic rings. The van der Waals surface area contributed by atoms with E-state index in [1.54, 1.807) is 0 Å². The van der Waals surface area contributed by atoms with Crippen molar-refractivity contribution in [3.05, 3.63) is 0 Å². The first kappa shape index (κ1) is 12.9. The summed E-state index contributed by atoms with van der Waals surface area (Å²) in [6, 6.07) is 0.0131. The van der Waals surface area contributed by atoms with Gasteiger partial charge in [-0.05, 0) is 39.2 Å². The first-order valence-electron chi connectivity index (χ1n) is 5.77. The summed E-state index contributed by atoms with van der Waals surface area (Å²) >= 11 is 0. The van der Waals surface area contributed by atoms with Crippen LogP contribution in [0.4, 0.5) is 0 Å². The Morgan fingerprint density at radius 3 is 2.53 bits per heavy atom. The van der Waals surface area contributed by atoms with Gasteiger partial charge in [0.25, 0.3) is 0 Å². The first-order chi connectivity index (χ1) is 7.06. The molecule has 0 aromatic carbocycles. The minimum Gasteiger partial charge on any atom is -0.330 e. The van der Waals surface area contributed by atoms with Crippen LogP contribution in [0.1, 0.15) is 45.4 Å². The quantitative estimate of drug-likeness (QED) is 0.719. The second-order valence-corrected chi connectivity index (χ2v) is 6.39. The van der Waals surface area contributed by atoms with Crippen molar-refractivity contribution in [2.45, 2.75) is 56.7 Å². The molecule has 1 fully saturated rings. The van der Waals surface area contributed by atoms with Crippen LogP contribution in [0.15, 0.2) is 0 Å². The van der Waals surface area contributed by atoms with Crippen molar-refractivity contribution in [1.29, 1.82) is 0 Å². The highest BCUT2D eigenvalue weighted by molar-refractivity contribution is 7.90. The molecule has 3 N–H and O–H groups in total. The maximum atomic E-state index is 11.9. The summed E-state index contributed by atoms with van der Waals surface area (Å²) in [5, 5.41) is -0.155. The van der Waals surface area contributed by atoms with Gasteiger partial charge in [-0.1, -0.05) is 12.8 Å². The Kier molecular flexibility index (Phi) is 5.02. The van der Waals surface area contributed by atoms with Crippen LogP contribution in [0, 0.1) is 0 Å². The van der Waals surface area contributed by atoms with Gasteiger partial charge in [-0.15, -0.1) is 0 Å². The van der Waals surface area contributed by atoms with Gasteiger partial charge in [0.15, 0.2) is 0 Å². The van der Waals surface area contributed by atoms with Gasteiger partial charge in [-0.25, -0.2) is 13.1 Å². The molecule has 5 heteroatoms.